The number of furan rings is 1. The molecule has 0 unspecified atom stereocenters. The summed E-state index contributed by atoms with van der Waals surface area (Å²) in [5.41, 5.74) is 0. The van der Waals surface area contributed by atoms with Gasteiger partial charge in [0, 0.05) is 6.54 Å². The molecule has 1 aliphatic rings. The third-order valence-corrected chi connectivity index (χ3v) is 3.08. The fourth-order valence-electron chi connectivity index (χ4n) is 1.87. The number of hydrogen-bond acceptors (Lipinski definition) is 4. The van der Waals surface area contributed by atoms with E-state index in [9.17, 15) is 0 Å². The molecule has 1 aromatic rings. The molecule has 0 saturated carbocycles. The van der Waals surface area contributed by atoms with Crippen LogP contribution >= 0.6 is 0 Å². The maximum absolute atomic E-state index is 5.52. The van der Waals surface area contributed by atoms with E-state index in [0.29, 0.717) is 6.79 Å². The Hall–Kier alpha value is -0.840. The average Bonchev–Trinajstić information content (AvgIpc) is 2.83. The highest BCUT2D eigenvalue weighted by atomic mass is 16.7. The van der Waals surface area contributed by atoms with Gasteiger partial charge in [0.15, 0.2) is 0 Å². The third-order valence-electron chi connectivity index (χ3n) is 3.08. The van der Waals surface area contributed by atoms with E-state index in [2.05, 4.69) is 18.9 Å². The van der Waals surface area contributed by atoms with E-state index < -0.39 is 0 Å². The Bertz CT molecular complexity index is 293. The van der Waals surface area contributed by atoms with Gasteiger partial charge >= 0.3 is 0 Å². The SMILES string of the molecule is C[C@@H](c1ccco1)N(C)C[C@H]1CCOCO1. The van der Waals surface area contributed by atoms with E-state index in [1.165, 1.54) is 0 Å². The number of likely N-dealkylation sites (N-methyl/N-ethyl adjacent to an activating group) is 1. The summed E-state index contributed by atoms with van der Waals surface area (Å²) in [4.78, 5) is 2.24. The summed E-state index contributed by atoms with van der Waals surface area (Å²) in [6.45, 7) is 4.27. The van der Waals surface area contributed by atoms with Crippen LogP contribution in [0.1, 0.15) is 25.1 Å². The first-order valence-corrected chi connectivity index (χ1v) is 5.70. The van der Waals surface area contributed by atoms with Crippen molar-refractivity contribution in [3.63, 3.8) is 0 Å². The van der Waals surface area contributed by atoms with Gasteiger partial charge in [-0.3, -0.25) is 4.90 Å². The first-order valence-electron chi connectivity index (χ1n) is 5.70. The number of hydrogen-bond donors (Lipinski definition) is 0. The Balaban J connectivity index is 1.84. The van der Waals surface area contributed by atoms with E-state index in [1.807, 2.05) is 12.1 Å². The summed E-state index contributed by atoms with van der Waals surface area (Å²) in [5.74, 6) is 0.995. The van der Waals surface area contributed by atoms with Gasteiger partial charge in [0.05, 0.1) is 25.0 Å². The van der Waals surface area contributed by atoms with E-state index in [-0.39, 0.29) is 12.1 Å². The zero-order valence-electron chi connectivity index (χ0n) is 9.89. The molecule has 4 nitrogen and oxygen atoms in total. The molecule has 1 fully saturated rings. The van der Waals surface area contributed by atoms with Crippen LogP contribution < -0.4 is 0 Å². The zero-order valence-corrected chi connectivity index (χ0v) is 9.89. The van der Waals surface area contributed by atoms with Gasteiger partial charge in [-0.05, 0) is 32.5 Å². The molecule has 0 bridgehead atoms. The number of ether oxygens (including phenoxy) is 2. The van der Waals surface area contributed by atoms with Crippen molar-refractivity contribution in [1.82, 2.24) is 4.90 Å². The van der Waals surface area contributed by atoms with Crippen molar-refractivity contribution in [2.75, 3.05) is 27.0 Å². The lowest BCUT2D eigenvalue weighted by Gasteiger charge is -2.30. The van der Waals surface area contributed by atoms with Crippen LogP contribution in [0.15, 0.2) is 22.8 Å². The van der Waals surface area contributed by atoms with Crippen molar-refractivity contribution in [2.45, 2.75) is 25.5 Å². The van der Waals surface area contributed by atoms with Crippen LogP contribution in [0.4, 0.5) is 0 Å². The van der Waals surface area contributed by atoms with Crippen molar-refractivity contribution in [2.24, 2.45) is 0 Å². The fourth-order valence-corrected chi connectivity index (χ4v) is 1.87. The van der Waals surface area contributed by atoms with Crippen LogP contribution in [0.5, 0.6) is 0 Å². The highest BCUT2D eigenvalue weighted by molar-refractivity contribution is 5.03. The molecule has 90 valence electrons. The summed E-state index contributed by atoms with van der Waals surface area (Å²) in [6, 6.07) is 4.21. The normalized spacial score (nSPS) is 23.6. The van der Waals surface area contributed by atoms with Crippen molar-refractivity contribution in [1.29, 1.82) is 0 Å². The molecular weight excluding hydrogens is 206 g/mol. The third kappa shape index (κ3) is 2.84. The molecule has 0 spiro atoms. The molecule has 2 rings (SSSR count). The molecule has 1 aromatic heterocycles. The van der Waals surface area contributed by atoms with Crippen LogP contribution in [0.3, 0.4) is 0 Å². The molecule has 16 heavy (non-hydrogen) atoms. The van der Waals surface area contributed by atoms with Gasteiger partial charge < -0.3 is 13.9 Å². The van der Waals surface area contributed by atoms with Gasteiger partial charge in [-0.25, -0.2) is 0 Å². The molecule has 0 N–H and O–H groups in total. The van der Waals surface area contributed by atoms with Gasteiger partial charge in [-0.1, -0.05) is 0 Å². The van der Waals surface area contributed by atoms with Crippen LogP contribution in [-0.4, -0.2) is 38.0 Å². The van der Waals surface area contributed by atoms with Crippen LogP contribution in [0.25, 0.3) is 0 Å². The maximum Gasteiger partial charge on any atom is 0.147 e. The summed E-state index contributed by atoms with van der Waals surface area (Å²) in [7, 11) is 2.09. The minimum absolute atomic E-state index is 0.274. The largest absolute Gasteiger partial charge is 0.468 e. The average molecular weight is 225 g/mol. The number of rotatable bonds is 4. The highest BCUT2D eigenvalue weighted by Crippen LogP contribution is 2.20. The lowest BCUT2D eigenvalue weighted by molar-refractivity contribution is -0.145. The highest BCUT2D eigenvalue weighted by Gasteiger charge is 2.20. The first kappa shape index (κ1) is 11.6. The summed E-state index contributed by atoms with van der Waals surface area (Å²) in [5, 5.41) is 0. The second kappa shape index (κ2) is 5.48. The minimum atomic E-state index is 0.274. The second-order valence-electron chi connectivity index (χ2n) is 4.23. The van der Waals surface area contributed by atoms with Gasteiger partial charge in [0.2, 0.25) is 0 Å². The topological polar surface area (TPSA) is 34.8 Å². The Labute approximate surface area is 96.1 Å². The standard InChI is InChI=1S/C12H19NO3/c1-10(12-4-3-6-15-12)13(2)8-11-5-7-14-9-16-11/h3-4,6,10-11H,5,7-9H2,1-2H3/t10-,11+/m0/s1. The monoisotopic (exact) mass is 225 g/mol. The van der Waals surface area contributed by atoms with Crippen LogP contribution in [0.2, 0.25) is 0 Å². The van der Waals surface area contributed by atoms with Crippen molar-refractivity contribution in [3.8, 4) is 0 Å². The summed E-state index contributed by atoms with van der Waals surface area (Å²) >= 11 is 0. The van der Waals surface area contributed by atoms with Gasteiger partial charge in [0.1, 0.15) is 12.6 Å². The Morgan fingerprint density at radius 3 is 3.06 bits per heavy atom. The zero-order chi connectivity index (χ0) is 11.4. The lowest BCUT2D eigenvalue weighted by atomic mass is 10.2. The lowest BCUT2D eigenvalue weighted by Crippen LogP contribution is -2.36. The first-order chi connectivity index (χ1) is 7.77. The molecular formula is C12H19NO3. The van der Waals surface area contributed by atoms with E-state index in [1.54, 1.807) is 6.26 Å². The van der Waals surface area contributed by atoms with Gasteiger partial charge in [0.25, 0.3) is 0 Å². The molecule has 0 aromatic carbocycles. The molecule has 2 heterocycles. The molecule has 1 saturated heterocycles. The Morgan fingerprint density at radius 1 is 1.56 bits per heavy atom. The van der Waals surface area contributed by atoms with Gasteiger partial charge in [-0.2, -0.15) is 0 Å². The molecule has 0 amide bonds. The molecule has 0 radical (unpaired) electrons. The Kier molecular flexibility index (Phi) is 3.98. The van der Waals surface area contributed by atoms with E-state index in [0.717, 1.165) is 25.3 Å². The second-order valence-corrected chi connectivity index (χ2v) is 4.23. The van der Waals surface area contributed by atoms with E-state index >= 15 is 0 Å². The van der Waals surface area contributed by atoms with Crippen LogP contribution in [-0.2, 0) is 9.47 Å². The summed E-state index contributed by atoms with van der Waals surface area (Å²) in [6.07, 6.45) is 2.95. The quantitative estimate of drug-likeness (QED) is 0.785. The van der Waals surface area contributed by atoms with Crippen molar-refractivity contribution >= 4 is 0 Å². The van der Waals surface area contributed by atoms with E-state index in [4.69, 9.17) is 13.9 Å². The predicted molar refractivity (Wildman–Crippen MR) is 60.1 cm³/mol. The molecule has 1 aliphatic heterocycles. The smallest absolute Gasteiger partial charge is 0.147 e. The maximum atomic E-state index is 5.52. The fraction of sp³-hybridized carbons (Fsp3) is 0.667. The predicted octanol–water partition coefficient (Wildman–Crippen LogP) is 2.04. The van der Waals surface area contributed by atoms with Crippen LogP contribution in [0, 0.1) is 0 Å². The number of nitrogens with zero attached hydrogens (tertiary/aromatic N) is 1. The summed E-state index contributed by atoms with van der Waals surface area (Å²) < 4.78 is 16.1. The van der Waals surface area contributed by atoms with Crippen molar-refractivity contribution < 1.29 is 13.9 Å². The van der Waals surface area contributed by atoms with Crippen molar-refractivity contribution in [3.05, 3.63) is 24.2 Å². The van der Waals surface area contributed by atoms with Gasteiger partial charge in [-0.15, -0.1) is 0 Å². The minimum Gasteiger partial charge on any atom is -0.468 e. The Morgan fingerprint density at radius 2 is 2.44 bits per heavy atom. The molecule has 2 atom stereocenters. The molecule has 4 heteroatoms. The molecule has 0 aliphatic carbocycles.